The van der Waals surface area contributed by atoms with Crippen LogP contribution in [0, 0.1) is 5.82 Å². The monoisotopic (exact) mass is 376 g/mol. The number of hydrogen-bond acceptors (Lipinski definition) is 3. The zero-order chi connectivity index (χ0) is 14.7. The molecule has 6 heteroatoms. The van der Waals surface area contributed by atoms with E-state index in [2.05, 4.69) is 20.8 Å². The van der Waals surface area contributed by atoms with Crippen molar-refractivity contribution in [2.24, 2.45) is 5.73 Å². The van der Waals surface area contributed by atoms with Gasteiger partial charge in [-0.05, 0) is 46.7 Å². The van der Waals surface area contributed by atoms with Gasteiger partial charge in [0.05, 0.1) is 6.04 Å². The Morgan fingerprint density at radius 1 is 1.40 bits per heavy atom. The summed E-state index contributed by atoms with van der Waals surface area (Å²) in [6, 6.07) is 8.62. The molecule has 2 rings (SSSR count). The lowest BCUT2D eigenvalue weighted by atomic mass is 10.1. The lowest BCUT2D eigenvalue weighted by Gasteiger charge is -2.26. The Morgan fingerprint density at radius 2 is 2.05 bits per heavy atom. The van der Waals surface area contributed by atoms with Crippen molar-refractivity contribution in [3.05, 3.63) is 55.4 Å². The van der Waals surface area contributed by atoms with Gasteiger partial charge in [0.15, 0.2) is 0 Å². The van der Waals surface area contributed by atoms with Crippen LogP contribution in [0.15, 0.2) is 34.8 Å². The molecule has 0 saturated heterocycles. The molecule has 1 aromatic heterocycles. The molecule has 0 fully saturated rings. The summed E-state index contributed by atoms with van der Waals surface area (Å²) in [7, 11) is 2.00. The largest absolute Gasteiger partial charge is 0.329 e. The van der Waals surface area contributed by atoms with E-state index in [0.29, 0.717) is 13.1 Å². The van der Waals surface area contributed by atoms with Crippen molar-refractivity contribution in [1.82, 2.24) is 4.90 Å². The van der Waals surface area contributed by atoms with Crippen molar-refractivity contribution in [2.75, 3.05) is 13.6 Å². The molecule has 0 aliphatic rings. The van der Waals surface area contributed by atoms with Gasteiger partial charge in [-0.25, -0.2) is 4.39 Å². The van der Waals surface area contributed by atoms with Crippen LogP contribution >= 0.6 is 38.9 Å². The number of thiophene rings is 1. The van der Waals surface area contributed by atoms with E-state index >= 15 is 0 Å². The first-order valence-corrected chi connectivity index (χ1v) is 8.09. The molecule has 1 unspecified atom stereocenters. The first-order chi connectivity index (χ1) is 9.51. The fourth-order valence-corrected chi connectivity index (χ4v) is 3.94. The van der Waals surface area contributed by atoms with Crippen molar-refractivity contribution in [1.29, 1.82) is 0 Å². The molecule has 0 radical (unpaired) electrons. The van der Waals surface area contributed by atoms with Gasteiger partial charge in [-0.2, -0.15) is 0 Å². The second-order valence-corrected chi connectivity index (χ2v) is 7.10. The van der Waals surface area contributed by atoms with E-state index in [1.54, 1.807) is 12.1 Å². The molecule has 0 saturated carbocycles. The van der Waals surface area contributed by atoms with Crippen molar-refractivity contribution in [3.63, 3.8) is 0 Å². The molecule has 1 heterocycles. The minimum atomic E-state index is -0.222. The molecular weight excluding hydrogens is 363 g/mol. The second kappa shape index (κ2) is 7.00. The van der Waals surface area contributed by atoms with Crippen molar-refractivity contribution in [2.45, 2.75) is 12.6 Å². The zero-order valence-electron chi connectivity index (χ0n) is 10.9. The third-order valence-corrected chi connectivity index (χ3v) is 5.67. The van der Waals surface area contributed by atoms with Gasteiger partial charge in [-0.15, -0.1) is 11.3 Å². The van der Waals surface area contributed by atoms with Gasteiger partial charge in [0.25, 0.3) is 0 Å². The van der Waals surface area contributed by atoms with Crippen LogP contribution in [0.5, 0.6) is 0 Å². The molecule has 2 nitrogen and oxygen atoms in total. The minimum Gasteiger partial charge on any atom is -0.329 e. The highest BCUT2D eigenvalue weighted by molar-refractivity contribution is 9.10. The minimum absolute atomic E-state index is 0.0915. The summed E-state index contributed by atoms with van der Waals surface area (Å²) >= 11 is 11.0. The lowest BCUT2D eigenvalue weighted by Crippen LogP contribution is -2.29. The Morgan fingerprint density at radius 3 is 2.55 bits per heavy atom. The molecule has 108 valence electrons. The highest BCUT2D eigenvalue weighted by Gasteiger charge is 2.19. The number of benzene rings is 1. The average molecular weight is 378 g/mol. The Kier molecular flexibility index (Phi) is 5.57. The Bertz CT molecular complexity index is 554. The normalized spacial score (nSPS) is 12.9. The quantitative estimate of drug-likeness (QED) is 0.835. The van der Waals surface area contributed by atoms with Crippen LogP contribution in [0.25, 0.3) is 0 Å². The van der Waals surface area contributed by atoms with Crippen molar-refractivity contribution >= 4 is 38.9 Å². The molecule has 1 atom stereocenters. The van der Waals surface area contributed by atoms with E-state index in [9.17, 15) is 4.39 Å². The van der Waals surface area contributed by atoms with Crippen LogP contribution in [-0.4, -0.2) is 18.5 Å². The van der Waals surface area contributed by atoms with Crippen molar-refractivity contribution < 1.29 is 4.39 Å². The summed E-state index contributed by atoms with van der Waals surface area (Å²) < 4.78 is 14.5. The van der Waals surface area contributed by atoms with Gasteiger partial charge >= 0.3 is 0 Å². The fourth-order valence-electron chi connectivity index (χ4n) is 2.03. The van der Waals surface area contributed by atoms with E-state index in [4.69, 9.17) is 17.3 Å². The zero-order valence-corrected chi connectivity index (χ0v) is 14.1. The molecule has 0 aliphatic carbocycles. The predicted molar refractivity (Wildman–Crippen MR) is 86.7 cm³/mol. The summed E-state index contributed by atoms with van der Waals surface area (Å²) in [6.07, 6.45) is 0. The highest BCUT2D eigenvalue weighted by Crippen LogP contribution is 2.36. The van der Waals surface area contributed by atoms with E-state index in [1.807, 2.05) is 13.1 Å². The number of hydrogen-bond donors (Lipinski definition) is 1. The first kappa shape index (κ1) is 15.9. The maximum absolute atomic E-state index is 12.9. The van der Waals surface area contributed by atoms with E-state index < -0.39 is 0 Å². The van der Waals surface area contributed by atoms with Gasteiger partial charge in [-0.1, -0.05) is 23.7 Å². The predicted octanol–water partition coefficient (Wildman–Crippen LogP) is 4.43. The third kappa shape index (κ3) is 3.80. The van der Waals surface area contributed by atoms with Gasteiger partial charge in [-0.3, -0.25) is 4.90 Å². The highest BCUT2D eigenvalue weighted by atomic mass is 79.9. The molecule has 2 aromatic rings. The van der Waals surface area contributed by atoms with Gasteiger partial charge in [0, 0.05) is 22.4 Å². The Hall–Kier alpha value is -0.460. The number of halogens is 3. The van der Waals surface area contributed by atoms with Crippen LogP contribution in [0.2, 0.25) is 4.34 Å². The molecule has 0 amide bonds. The molecule has 20 heavy (non-hydrogen) atoms. The van der Waals surface area contributed by atoms with Crippen molar-refractivity contribution in [3.8, 4) is 0 Å². The van der Waals surface area contributed by atoms with Gasteiger partial charge in [0.1, 0.15) is 10.2 Å². The molecule has 0 bridgehead atoms. The molecule has 0 spiro atoms. The molecular formula is C14H15BrClFN2S. The van der Waals surface area contributed by atoms with Crippen LogP contribution < -0.4 is 5.73 Å². The molecule has 0 aliphatic heterocycles. The number of rotatable bonds is 5. The van der Waals surface area contributed by atoms with Crippen LogP contribution in [-0.2, 0) is 6.54 Å². The summed E-state index contributed by atoms with van der Waals surface area (Å²) in [5.41, 5.74) is 6.94. The third-order valence-electron chi connectivity index (χ3n) is 3.09. The maximum atomic E-state index is 12.9. The van der Waals surface area contributed by atoms with E-state index in [0.717, 1.165) is 19.2 Å². The SMILES string of the molecule is CN(Cc1ccc(F)cc1)C(CN)c1cc(Br)c(Cl)s1. The average Bonchev–Trinajstić information content (AvgIpc) is 2.73. The summed E-state index contributed by atoms with van der Waals surface area (Å²) in [5, 5.41) is 0. The smallest absolute Gasteiger partial charge is 0.123 e. The standard InChI is InChI=1S/C14H15BrClFN2S/c1-19(8-9-2-4-10(17)5-3-9)12(7-18)13-6-11(15)14(16)20-13/h2-6,12H,7-8,18H2,1H3. The van der Waals surface area contributed by atoms with Crippen LogP contribution in [0.1, 0.15) is 16.5 Å². The summed E-state index contributed by atoms with van der Waals surface area (Å²) in [6.45, 7) is 1.20. The second-order valence-electron chi connectivity index (χ2n) is 4.56. The van der Waals surface area contributed by atoms with Crippen LogP contribution in [0.3, 0.4) is 0 Å². The topological polar surface area (TPSA) is 29.3 Å². The van der Waals surface area contributed by atoms with Gasteiger partial charge in [0.2, 0.25) is 0 Å². The van der Waals surface area contributed by atoms with E-state index in [-0.39, 0.29) is 11.9 Å². The van der Waals surface area contributed by atoms with Crippen LogP contribution in [0.4, 0.5) is 4.39 Å². The Labute approximate surface area is 135 Å². The summed E-state index contributed by atoms with van der Waals surface area (Å²) in [4.78, 5) is 3.26. The van der Waals surface area contributed by atoms with Gasteiger partial charge < -0.3 is 5.73 Å². The summed E-state index contributed by atoms with van der Waals surface area (Å²) in [5.74, 6) is -0.222. The van der Waals surface area contributed by atoms with E-state index in [1.165, 1.54) is 23.5 Å². The number of likely N-dealkylation sites (N-methyl/N-ethyl adjacent to an activating group) is 1. The lowest BCUT2D eigenvalue weighted by molar-refractivity contribution is 0.245. The molecule has 2 N–H and O–H groups in total. The first-order valence-electron chi connectivity index (χ1n) is 6.10. The number of nitrogens with two attached hydrogens (primary N) is 1. The maximum Gasteiger partial charge on any atom is 0.123 e. The fraction of sp³-hybridized carbons (Fsp3) is 0.286. The molecule has 1 aromatic carbocycles. The Balaban J connectivity index is 2.12. The number of nitrogens with zero attached hydrogens (tertiary/aromatic N) is 1.